The molecule has 5 rings (SSSR count). The lowest BCUT2D eigenvalue weighted by Gasteiger charge is -2.40. The van der Waals surface area contributed by atoms with E-state index in [0.29, 0.717) is 45.3 Å². The van der Waals surface area contributed by atoms with Crippen molar-refractivity contribution in [3.63, 3.8) is 0 Å². The number of carbonyl (C=O) groups excluding carboxylic acids is 1. The smallest absolute Gasteiger partial charge is 0.378 e. The highest BCUT2D eigenvalue weighted by molar-refractivity contribution is 5.75. The summed E-state index contributed by atoms with van der Waals surface area (Å²) in [5, 5.41) is 7.76. The van der Waals surface area contributed by atoms with E-state index in [1.165, 1.54) is 19.3 Å². The van der Waals surface area contributed by atoms with Crippen molar-refractivity contribution in [2.75, 3.05) is 39.4 Å². The van der Waals surface area contributed by atoms with Crippen LogP contribution in [0.2, 0.25) is 0 Å². The number of morpholine rings is 1. The molecule has 2 aliphatic heterocycles. The number of aromatic amines is 1. The molecule has 0 spiro atoms. The topological polar surface area (TPSA) is 61.5 Å². The second kappa shape index (κ2) is 9.00. The van der Waals surface area contributed by atoms with Crippen LogP contribution < -0.4 is 0 Å². The summed E-state index contributed by atoms with van der Waals surface area (Å²) in [7, 11) is 0. The quantitative estimate of drug-likeness (QED) is 0.718. The highest BCUT2D eigenvalue weighted by Crippen LogP contribution is 2.40. The summed E-state index contributed by atoms with van der Waals surface area (Å²) in [5.74, 6) is 0.507. The van der Waals surface area contributed by atoms with Gasteiger partial charge < -0.3 is 14.5 Å². The molecule has 3 fully saturated rings. The largest absolute Gasteiger partial charge is 0.416 e. The number of H-pyrrole nitrogens is 1. The maximum Gasteiger partial charge on any atom is 0.416 e. The summed E-state index contributed by atoms with van der Waals surface area (Å²) in [4.78, 5) is 16.9. The Morgan fingerprint density at radius 1 is 1.00 bits per heavy atom. The number of ether oxygens (including phenoxy) is 1. The molecule has 3 heterocycles. The molecule has 2 saturated heterocycles. The number of nitrogens with one attached hydrogen (secondary N) is 1. The van der Waals surface area contributed by atoms with Gasteiger partial charge >= 0.3 is 12.2 Å². The second-order valence-corrected chi connectivity index (χ2v) is 9.41. The fourth-order valence-corrected chi connectivity index (χ4v) is 5.10. The van der Waals surface area contributed by atoms with E-state index in [4.69, 9.17) is 4.74 Å². The number of aromatic nitrogens is 2. The van der Waals surface area contributed by atoms with Gasteiger partial charge in [-0.3, -0.25) is 5.10 Å². The number of benzene rings is 1. The minimum Gasteiger partial charge on any atom is -0.378 e. The number of likely N-dealkylation sites (tertiary alicyclic amines) is 1. The van der Waals surface area contributed by atoms with Gasteiger partial charge in [-0.25, -0.2) is 4.79 Å². The van der Waals surface area contributed by atoms with Crippen LogP contribution in [0.4, 0.5) is 18.0 Å². The van der Waals surface area contributed by atoms with Crippen LogP contribution in [-0.2, 0) is 10.9 Å². The first-order valence-corrected chi connectivity index (χ1v) is 11.7. The van der Waals surface area contributed by atoms with Gasteiger partial charge in [-0.1, -0.05) is 18.6 Å². The van der Waals surface area contributed by atoms with E-state index >= 15 is 0 Å². The molecule has 2 unspecified atom stereocenters. The van der Waals surface area contributed by atoms with Crippen LogP contribution in [0.1, 0.15) is 66.0 Å². The molecule has 2 atom stereocenters. The highest BCUT2D eigenvalue weighted by atomic mass is 19.4. The highest BCUT2D eigenvalue weighted by Gasteiger charge is 2.36. The fourth-order valence-electron chi connectivity index (χ4n) is 5.10. The first kappa shape index (κ1) is 22.3. The first-order chi connectivity index (χ1) is 15.9. The molecule has 1 saturated carbocycles. The molecule has 3 aliphatic rings. The fraction of sp³-hybridized carbons (Fsp3) is 0.583. The van der Waals surface area contributed by atoms with E-state index in [-0.39, 0.29) is 17.9 Å². The van der Waals surface area contributed by atoms with Crippen LogP contribution >= 0.6 is 0 Å². The van der Waals surface area contributed by atoms with E-state index in [2.05, 4.69) is 16.3 Å². The van der Waals surface area contributed by atoms with Crippen LogP contribution in [-0.4, -0.2) is 65.4 Å². The number of piperidine rings is 1. The average Bonchev–Trinajstić information content (AvgIpc) is 3.27. The SMILES string of the molecule is O=C(N1CCOCC1)N1CC(c2ccc(C(F)(F)F)cc2)CC(c2cc(C3CCC3)[nH]n2)C1. The predicted octanol–water partition coefficient (Wildman–Crippen LogP) is 4.72. The van der Waals surface area contributed by atoms with Gasteiger partial charge in [-0.15, -0.1) is 0 Å². The van der Waals surface area contributed by atoms with Crippen molar-refractivity contribution in [1.29, 1.82) is 0 Å². The molecule has 33 heavy (non-hydrogen) atoms. The molecule has 1 aromatic heterocycles. The number of nitrogens with zero attached hydrogens (tertiary/aromatic N) is 3. The Kier molecular flexibility index (Phi) is 6.07. The maximum absolute atomic E-state index is 13.3. The Labute approximate surface area is 191 Å². The monoisotopic (exact) mass is 462 g/mol. The zero-order valence-electron chi connectivity index (χ0n) is 18.5. The van der Waals surface area contributed by atoms with E-state index < -0.39 is 11.7 Å². The third-order valence-electron chi connectivity index (χ3n) is 7.29. The van der Waals surface area contributed by atoms with E-state index in [1.54, 1.807) is 17.0 Å². The van der Waals surface area contributed by atoms with Gasteiger partial charge in [-0.2, -0.15) is 18.3 Å². The van der Waals surface area contributed by atoms with Gasteiger partial charge in [0, 0.05) is 49.6 Å². The van der Waals surface area contributed by atoms with Crippen molar-refractivity contribution in [2.24, 2.45) is 0 Å². The maximum atomic E-state index is 13.3. The van der Waals surface area contributed by atoms with Gasteiger partial charge in [0.2, 0.25) is 0 Å². The Balaban J connectivity index is 1.39. The predicted molar refractivity (Wildman–Crippen MR) is 116 cm³/mol. The molecule has 2 aromatic rings. The Morgan fingerprint density at radius 2 is 1.70 bits per heavy atom. The van der Waals surface area contributed by atoms with Gasteiger partial charge in [0.15, 0.2) is 0 Å². The van der Waals surface area contributed by atoms with E-state index in [1.807, 2.05) is 4.90 Å². The number of carbonyl (C=O) groups is 1. The zero-order valence-corrected chi connectivity index (χ0v) is 18.5. The number of urea groups is 1. The number of alkyl halides is 3. The normalized spacial score (nSPS) is 24.6. The third kappa shape index (κ3) is 4.74. The lowest BCUT2D eigenvalue weighted by atomic mass is 9.81. The van der Waals surface area contributed by atoms with Gasteiger partial charge in [-0.05, 0) is 43.0 Å². The third-order valence-corrected chi connectivity index (χ3v) is 7.29. The number of amides is 2. The van der Waals surface area contributed by atoms with Crippen molar-refractivity contribution >= 4 is 6.03 Å². The molecule has 0 radical (unpaired) electrons. The summed E-state index contributed by atoms with van der Waals surface area (Å²) < 4.78 is 44.5. The number of hydrogen-bond donors (Lipinski definition) is 1. The second-order valence-electron chi connectivity index (χ2n) is 9.41. The van der Waals surface area contributed by atoms with Crippen molar-refractivity contribution in [1.82, 2.24) is 20.0 Å². The average molecular weight is 463 g/mol. The van der Waals surface area contributed by atoms with Crippen LogP contribution in [0.3, 0.4) is 0 Å². The Bertz CT molecular complexity index is 965. The van der Waals surface area contributed by atoms with Crippen molar-refractivity contribution in [3.8, 4) is 0 Å². The van der Waals surface area contributed by atoms with Crippen molar-refractivity contribution < 1.29 is 22.7 Å². The molecular weight excluding hydrogens is 433 g/mol. The first-order valence-electron chi connectivity index (χ1n) is 11.7. The van der Waals surface area contributed by atoms with Crippen molar-refractivity contribution in [2.45, 2.75) is 49.6 Å². The minimum atomic E-state index is -4.36. The summed E-state index contributed by atoms with van der Waals surface area (Å²) in [6.45, 7) is 3.20. The van der Waals surface area contributed by atoms with Crippen LogP contribution in [0.25, 0.3) is 0 Å². The number of halogens is 3. The van der Waals surface area contributed by atoms with Crippen molar-refractivity contribution in [3.05, 3.63) is 52.8 Å². The number of rotatable bonds is 3. The van der Waals surface area contributed by atoms with E-state index in [9.17, 15) is 18.0 Å². The summed E-state index contributed by atoms with van der Waals surface area (Å²) in [5.41, 5.74) is 2.26. The molecule has 6 nitrogen and oxygen atoms in total. The Morgan fingerprint density at radius 3 is 2.33 bits per heavy atom. The van der Waals surface area contributed by atoms with Crippen LogP contribution in [0.15, 0.2) is 30.3 Å². The van der Waals surface area contributed by atoms with Crippen LogP contribution in [0, 0.1) is 0 Å². The molecule has 1 aromatic carbocycles. The van der Waals surface area contributed by atoms with Gasteiger partial charge in [0.25, 0.3) is 0 Å². The molecule has 178 valence electrons. The molecule has 2 amide bonds. The lowest BCUT2D eigenvalue weighted by molar-refractivity contribution is -0.137. The summed E-state index contributed by atoms with van der Waals surface area (Å²) in [6.07, 6.45) is -0.0450. The number of hydrogen-bond acceptors (Lipinski definition) is 3. The van der Waals surface area contributed by atoms with Crippen LogP contribution in [0.5, 0.6) is 0 Å². The standard InChI is InChI=1S/C24H29F3N4O2/c25-24(26,27)20-6-4-16(5-7-20)18-12-19(22-13-21(28-29-22)17-2-1-3-17)15-31(14-18)23(32)30-8-10-33-11-9-30/h4-7,13,17-19H,1-3,8-12,14-15H2,(H,28,29). The molecule has 1 N–H and O–H groups in total. The molecule has 9 heteroatoms. The summed E-state index contributed by atoms with van der Waals surface area (Å²) >= 11 is 0. The zero-order chi connectivity index (χ0) is 23.0. The Hall–Kier alpha value is -2.55. The molecular formula is C24H29F3N4O2. The lowest BCUT2D eigenvalue weighted by Crippen LogP contribution is -2.52. The molecule has 1 aliphatic carbocycles. The van der Waals surface area contributed by atoms with E-state index in [0.717, 1.165) is 35.5 Å². The van der Waals surface area contributed by atoms with Gasteiger partial charge in [0.1, 0.15) is 0 Å². The van der Waals surface area contributed by atoms with Gasteiger partial charge in [0.05, 0.1) is 24.5 Å². The molecule has 0 bridgehead atoms. The minimum absolute atomic E-state index is 0.0288. The summed E-state index contributed by atoms with van der Waals surface area (Å²) in [6, 6.07) is 7.47.